The van der Waals surface area contributed by atoms with Crippen molar-refractivity contribution in [1.29, 1.82) is 0 Å². The van der Waals surface area contributed by atoms with E-state index in [1.807, 2.05) is 37.3 Å². The summed E-state index contributed by atoms with van der Waals surface area (Å²) in [6.07, 6.45) is 0.415. The summed E-state index contributed by atoms with van der Waals surface area (Å²) in [4.78, 5) is 23.8. The number of aryl methyl sites for hydroxylation is 1. The third-order valence-electron chi connectivity index (χ3n) is 3.18. The Morgan fingerprint density at radius 1 is 1.09 bits per heavy atom. The van der Waals surface area contributed by atoms with Crippen molar-refractivity contribution < 1.29 is 9.59 Å². The van der Waals surface area contributed by atoms with Gasteiger partial charge in [-0.2, -0.15) is 0 Å². The van der Waals surface area contributed by atoms with Gasteiger partial charge < -0.3 is 10.6 Å². The monoisotopic (exact) mass is 408 g/mol. The molecule has 0 fully saturated rings. The van der Waals surface area contributed by atoms with Crippen LogP contribution >= 0.6 is 22.6 Å². The van der Waals surface area contributed by atoms with E-state index in [9.17, 15) is 9.59 Å². The van der Waals surface area contributed by atoms with Gasteiger partial charge in [0.25, 0.3) is 5.91 Å². The SMILES string of the molecule is CCC(=O)Nc1cc(NC(=O)c2cccc(I)c2)ccc1C. The molecule has 4 nitrogen and oxygen atoms in total. The lowest BCUT2D eigenvalue weighted by atomic mass is 10.1. The largest absolute Gasteiger partial charge is 0.326 e. The minimum atomic E-state index is -0.171. The van der Waals surface area contributed by atoms with Crippen molar-refractivity contribution in [2.45, 2.75) is 20.3 Å². The van der Waals surface area contributed by atoms with E-state index in [4.69, 9.17) is 0 Å². The van der Waals surface area contributed by atoms with Gasteiger partial charge in [0.1, 0.15) is 0 Å². The first-order chi connectivity index (χ1) is 10.5. The van der Waals surface area contributed by atoms with Crippen LogP contribution in [0, 0.1) is 10.5 Å². The zero-order chi connectivity index (χ0) is 16.1. The summed E-state index contributed by atoms with van der Waals surface area (Å²) < 4.78 is 1.00. The van der Waals surface area contributed by atoms with Gasteiger partial charge in [0.05, 0.1) is 0 Å². The highest BCUT2D eigenvalue weighted by molar-refractivity contribution is 14.1. The molecule has 0 bridgehead atoms. The number of carbonyl (C=O) groups excluding carboxylic acids is 2. The average Bonchev–Trinajstić information content (AvgIpc) is 2.50. The van der Waals surface area contributed by atoms with Crippen LogP contribution in [0.1, 0.15) is 29.3 Å². The topological polar surface area (TPSA) is 58.2 Å². The summed E-state index contributed by atoms with van der Waals surface area (Å²) in [6, 6.07) is 12.8. The molecule has 0 radical (unpaired) electrons. The number of anilines is 2. The van der Waals surface area contributed by atoms with Crippen LogP contribution in [0.15, 0.2) is 42.5 Å². The van der Waals surface area contributed by atoms with Crippen molar-refractivity contribution in [3.8, 4) is 0 Å². The van der Waals surface area contributed by atoms with Gasteiger partial charge in [0.2, 0.25) is 5.91 Å². The molecule has 0 atom stereocenters. The summed E-state index contributed by atoms with van der Waals surface area (Å²) in [6.45, 7) is 3.71. The molecular formula is C17H17IN2O2. The van der Waals surface area contributed by atoms with Crippen LogP contribution in [0.3, 0.4) is 0 Å². The average molecular weight is 408 g/mol. The molecule has 0 aliphatic carbocycles. The van der Waals surface area contributed by atoms with Crippen molar-refractivity contribution in [1.82, 2.24) is 0 Å². The number of hydrogen-bond acceptors (Lipinski definition) is 2. The summed E-state index contributed by atoms with van der Waals surface area (Å²) in [5.41, 5.74) is 2.92. The second-order valence-electron chi connectivity index (χ2n) is 4.90. The maximum Gasteiger partial charge on any atom is 0.255 e. The first-order valence-corrected chi connectivity index (χ1v) is 8.05. The number of hydrogen-bond donors (Lipinski definition) is 2. The van der Waals surface area contributed by atoms with Crippen LogP contribution in [0.25, 0.3) is 0 Å². The molecule has 114 valence electrons. The Balaban J connectivity index is 2.17. The van der Waals surface area contributed by atoms with Crippen molar-refractivity contribution >= 4 is 45.8 Å². The van der Waals surface area contributed by atoms with Gasteiger partial charge in [0.15, 0.2) is 0 Å². The molecule has 0 aromatic heterocycles. The molecule has 0 spiro atoms. The highest BCUT2D eigenvalue weighted by Crippen LogP contribution is 2.21. The minimum absolute atomic E-state index is 0.0517. The maximum absolute atomic E-state index is 12.2. The molecule has 22 heavy (non-hydrogen) atoms. The Hall–Kier alpha value is -1.89. The molecule has 0 aliphatic heterocycles. The summed E-state index contributed by atoms with van der Waals surface area (Å²) in [5, 5.41) is 5.68. The highest BCUT2D eigenvalue weighted by atomic mass is 127. The molecule has 0 saturated heterocycles. The lowest BCUT2D eigenvalue weighted by Gasteiger charge is -2.11. The van der Waals surface area contributed by atoms with E-state index in [1.165, 1.54) is 0 Å². The molecule has 5 heteroatoms. The van der Waals surface area contributed by atoms with Crippen LogP contribution in [0.4, 0.5) is 11.4 Å². The molecule has 2 aromatic carbocycles. The second-order valence-corrected chi connectivity index (χ2v) is 6.14. The summed E-state index contributed by atoms with van der Waals surface area (Å²) in [5.74, 6) is -0.223. The van der Waals surface area contributed by atoms with Crippen LogP contribution in [0.5, 0.6) is 0 Å². The van der Waals surface area contributed by atoms with Gasteiger partial charge in [-0.25, -0.2) is 0 Å². The normalized spacial score (nSPS) is 10.1. The van der Waals surface area contributed by atoms with Gasteiger partial charge in [0, 0.05) is 26.9 Å². The van der Waals surface area contributed by atoms with Gasteiger partial charge in [-0.15, -0.1) is 0 Å². The zero-order valence-corrected chi connectivity index (χ0v) is 14.6. The Morgan fingerprint density at radius 3 is 2.55 bits per heavy atom. The van der Waals surface area contributed by atoms with Gasteiger partial charge in [-0.3, -0.25) is 9.59 Å². The number of carbonyl (C=O) groups is 2. The highest BCUT2D eigenvalue weighted by Gasteiger charge is 2.09. The van der Waals surface area contributed by atoms with Crippen molar-refractivity contribution in [2.24, 2.45) is 0 Å². The molecule has 2 amide bonds. The first-order valence-electron chi connectivity index (χ1n) is 6.97. The number of rotatable bonds is 4. The Bertz CT molecular complexity index is 714. The van der Waals surface area contributed by atoms with E-state index in [-0.39, 0.29) is 11.8 Å². The molecular weight excluding hydrogens is 391 g/mol. The number of halogens is 1. The third-order valence-corrected chi connectivity index (χ3v) is 3.85. The maximum atomic E-state index is 12.2. The van der Waals surface area contributed by atoms with E-state index in [2.05, 4.69) is 33.2 Å². The zero-order valence-electron chi connectivity index (χ0n) is 12.4. The number of amides is 2. The quantitative estimate of drug-likeness (QED) is 0.746. The Labute approximate surface area is 143 Å². The van der Waals surface area contributed by atoms with Gasteiger partial charge >= 0.3 is 0 Å². The fourth-order valence-corrected chi connectivity index (χ4v) is 2.45. The molecule has 2 aromatic rings. The molecule has 0 aliphatic rings. The molecule has 2 N–H and O–H groups in total. The number of benzene rings is 2. The smallest absolute Gasteiger partial charge is 0.255 e. The first kappa shape index (κ1) is 16.5. The molecule has 2 rings (SSSR count). The van der Waals surface area contributed by atoms with Crippen molar-refractivity contribution in [3.63, 3.8) is 0 Å². The van der Waals surface area contributed by atoms with E-state index in [0.717, 1.165) is 9.13 Å². The summed E-state index contributed by atoms with van der Waals surface area (Å²) >= 11 is 2.17. The fraction of sp³-hybridized carbons (Fsp3) is 0.176. The van der Waals surface area contributed by atoms with Crippen molar-refractivity contribution in [3.05, 3.63) is 57.2 Å². The Morgan fingerprint density at radius 2 is 1.86 bits per heavy atom. The van der Waals surface area contributed by atoms with Crippen LogP contribution in [0.2, 0.25) is 0 Å². The van der Waals surface area contributed by atoms with Gasteiger partial charge in [-0.05, 0) is 65.4 Å². The van der Waals surface area contributed by atoms with E-state index in [0.29, 0.717) is 23.4 Å². The predicted octanol–water partition coefficient (Wildman–Crippen LogP) is 4.20. The Kier molecular flexibility index (Phi) is 5.54. The van der Waals surface area contributed by atoms with E-state index in [1.54, 1.807) is 19.1 Å². The van der Waals surface area contributed by atoms with Gasteiger partial charge in [-0.1, -0.05) is 19.1 Å². The lowest BCUT2D eigenvalue weighted by Crippen LogP contribution is -2.14. The molecule has 0 saturated carbocycles. The third kappa shape index (κ3) is 4.30. The van der Waals surface area contributed by atoms with Crippen LogP contribution in [-0.2, 0) is 4.79 Å². The number of nitrogens with one attached hydrogen (secondary N) is 2. The molecule has 0 heterocycles. The summed E-state index contributed by atoms with van der Waals surface area (Å²) in [7, 11) is 0. The van der Waals surface area contributed by atoms with Crippen molar-refractivity contribution in [2.75, 3.05) is 10.6 Å². The lowest BCUT2D eigenvalue weighted by molar-refractivity contribution is -0.115. The van der Waals surface area contributed by atoms with Crippen LogP contribution in [-0.4, -0.2) is 11.8 Å². The molecule has 0 unspecified atom stereocenters. The standard InChI is InChI=1S/C17H17IN2O2/c1-3-16(21)20-15-10-14(8-7-11(15)2)19-17(22)12-5-4-6-13(18)9-12/h4-10H,3H2,1-2H3,(H,19,22)(H,20,21). The minimum Gasteiger partial charge on any atom is -0.326 e. The fourth-order valence-electron chi connectivity index (χ4n) is 1.91. The van der Waals surface area contributed by atoms with Crippen LogP contribution < -0.4 is 10.6 Å². The van der Waals surface area contributed by atoms with E-state index < -0.39 is 0 Å². The van der Waals surface area contributed by atoms with E-state index >= 15 is 0 Å². The predicted molar refractivity (Wildman–Crippen MR) is 97.2 cm³/mol. The second kappa shape index (κ2) is 7.40.